The summed E-state index contributed by atoms with van der Waals surface area (Å²) >= 11 is 0. The van der Waals surface area contributed by atoms with Gasteiger partial charge in [0.2, 0.25) is 5.91 Å². The Balaban J connectivity index is 0.00000182. The van der Waals surface area contributed by atoms with Crippen LogP contribution in [-0.2, 0) is 4.79 Å². The summed E-state index contributed by atoms with van der Waals surface area (Å²) in [5.41, 5.74) is 9.93. The average molecular weight is 404 g/mol. The Labute approximate surface area is 173 Å². The number of carbonyl (C=O) groups excluding carboxylic acids is 1. The standard InChI is InChI=1S/C21H23N3O.2ClH/c1-15(22)21(25)23-18-11-8-16(9-12-18)7-10-17-13-14-24(2)20-6-4-3-5-19(17)20;;/h3-15,17H,22H2,1-2H3,(H,23,25);2*1H/p-2/b10-7+;;/t15-,17?;;/m1../s1. The van der Waals surface area contributed by atoms with Gasteiger partial charge in [-0.3, -0.25) is 4.79 Å². The number of allylic oxidation sites excluding steroid dienone is 2. The van der Waals surface area contributed by atoms with Crippen LogP contribution in [-0.4, -0.2) is 19.0 Å². The molecule has 0 aliphatic carbocycles. The van der Waals surface area contributed by atoms with Crippen molar-refractivity contribution in [2.75, 3.05) is 17.3 Å². The normalized spacial score (nSPS) is 16.1. The number of para-hydroxylation sites is 1. The fraction of sp³-hybridized carbons (Fsp3) is 0.190. The van der Waals surface area contributed by atoms with Crippen molar-refractivity contribution in [2.24, 2.45) is 5.73 Å². The molecule has 2 aromatic carbocycles. The van der Waals surface area contributed by atoms with Gasteiger partial charge in [-0.15, -0.1) is 0 Å². The van der Waals surface area contributed by atoms with Crippen molar-refractivity contribution in [3.05, 3.63) is 78.0 Å². The molecule has 27 heavy (non-hydrogen) atoms. The first-order valence-corrected chi connectivity index (χ1v) is 8.39. The molecule has 0 saturated heterocycles. The molecule has 3 rings (SSSR count). The van der Waals surface area contributed by atoms with Crippen molar-refractivity contribution < 1.29 is 29.6 Å². The summed E-state index contributed by atoms with van der Waals surface area (Å²) in [7, 11) is 2.06. The summed E-state index contributed by atoms with van der Waals surface area (Å²) in [6.07, 6.45) is 8.59. The Morgan fingerprint density at radius 3 is 2.48 bits per heavy atom. The largest absolute Gasteiger partial charge is 1.00 e. The van der Waals surface area contributed by atoms with E-state index < -0.39 is 6.04 Å². The summed E-state index contributed by atoms with van der Waals surface area (Å²) in [5, 5.41) is 2.79. The third kappa shape index (κ3) is 5.60. The maximum atomic E-state index is 11.6. The minimum absolute atomic E-state index is 0. The summed E-state index contributed by atoms with van der Waals surface area (Å²) in [6.45, 7) is 1.67. The van der Waals surface area contributed by atoms with Gasteiger partial charge in [0.15, 0.2) is 0 Å². The van der Waals surface area contributed by atoms with E-state index in [1.165, 1.54) is 11.3 Å². The van der Waals surface area contributed by atoms with Crippen molar-refractivity contribution in [1.82, 2.24) is 0 Å². The molecule has 0 radical (unpaired) electrons. The molecule has 6 heteroatoms. The number of fused-ring (bicyclic) bond motifs is 1. The van der Waals surface area contributed by atoms with Gasteiger partial charge >= 0.3 is 0 Å². The van der Waals surface area contributed by atoms with Gasteiger partial charge in [-0.05, 0) is 36.2 Å². The second kappa shape index (κ2) is 10.2. The number of benzene rings is 2. The number of anilines is 2. The Hall–Kier alpha value is -2.27. The molecular formula is C21H23Cl2N3O-2. The molecule has 4 nitrogen and oxygen atoms in total. The second-order valence-corrected chi connectivity index (χ2v) is 6.30. The van der Waals surface area contributed by atoms with E-state index in [0.717, 1.165) is 11.3 Å². The number of hydrogen-bond acceptors (Lipinski definition) is 3. The highest BCUT2D eigenvalue weighted by Gasteiger charge is 2.15. The predicted molar refractivity (Wildman–Crippen MR) is 104 cm³/mol. The molecule has 1 heterocycles. The van der Waals surface area contributed by atoms with Crippen LogP contribution in [0.2, 0.25) is 0 Å². The van der Waals surface area contributed by atoms with E-state index in [2.05, 4.69) is 66.0 Å². The van der Waals surface area contributed by atoms with Crippen LogP contribution < -0.4 is 40.8 Å². The van der Waals surface area contributed by atoms with E-state index in [4.69, 9.17) is 5.73 Å². The SMILES string of the molecule is C[C@@H](N)C(=O)Nc1ccc(/C=C/C2C=CN(C)c3ccccc32)cc1.[Cl-].[Cl-]. The van der Waals surface area contributed by atoms with Gasteiger partial charge in [0, 0.05) is 30.5 Å². The Morgan fingerprint density at radius 1 is 1.15 bits per heavy atom. The number of nitrogens with zero attached hydrogens (tertiary/aromatic N) is 1. The molecular weight excluding hydrogens is 381 g/mol. The molecule has 0 aromatic heterocycles. The van der Waals surface area contributed by atoms with Crippen LogP contribution in [0.15, 0.2) is 66.9 Å². The second-order valence-electron chi connectivity index (χ2n) is 6.30. The number of nitrogens with two attached hydrogens (primary N) is 1. The molecule has 0 saturated carbocycles. The van der Waals surface area contributed by atoms with Crippen molar-refractivity contribution in [2.45, 2.75) is 18.9 Å². The first kappa shape index (κ1) is 22.8. The highest BCUT2D eigenvalue weighted by atomic mass is 35.5. The molecule has 1 unspecified atom stereocenters. The van der Waals surface area contributed by atoms with E-state index in [0.29, 0.717) is 0 Å². The smallest absolute Gasteiger partial charge is 0.240 e. The fourth-order valence-corrected chi connectivity index (χ4v) is 2.81. The van der Waals surface area contributed by atoms with Crippen LogP contribution in [0, 0.1) is 0 Å². The number of rotatable bonds is 4. The van der Waals surface area contributed by atoms with Gasteiger partial charge in [-0.1, -0.05) is 48.6 Å². The van der Waals surface area contributed by atoms with Crippen LogP contribution in [0.3, 0.4) is 0 Å². The van der Waals surface area contributed by atoms with Crippen LogP contribution in [0.5, 0.6) is 0 Å². The lowest BCUT2D eigenvalue weighted by Crippen LogP contribution is -3.00. The van der Waals surface area contributed by atoms with Gasteiger partial charge in [0.1, 0.15) is 0 Å². The Kier molecular flexibility index (Phi) is 8.57. The molecule has 0 fully saturated rings. The van der Waals surface area contributed by atoms with Crippen molar-refractivity contribution in [3.8, 4) is 0 Å². The highest BCUT2D eigenvalue weighted by molar-refractivity contribution is 5.94. The van der Waals surface area contributed by atoms with Crippen molar-refractivity contribution in [3.63, 3.8) is 0 Å². The van der Waals surface area contributed by atoms with Gasteiger partial charge < -0.3 is 40.8 Å². The lowest BCUT2D eigenvalue weighted by Gasteiger charge is -2.26. The zero-order valence-corrected chi connectivity index (χ0v) is 16.8. The first-order chi connectivity index (χ1) is 12.0. The van der Waals surface area contributed by atoms with Gasteiger partial charge in [0.05, 0.1) is 6.04 Å². The molecule has 1 aliphatic rings. The molecule has 0 spiro atoms. The molecule has 2 aromatic rings. The number of amides is 1. The lowest BCUT2D eigenvalue weighted by molar-refractivity contribution is -0.117. The first-order valence-electron chi connectivity index (χ1n) is 8.39. The zero-order valence-electron chi connectivity index (χ0n) is 15.3. The van der Waals surface area contributed by atoms with E-state index in [1.807, 2.05) is 24.3 Å². The van der Waals surface area contributed by atoms with Crippen LogP contribution in [0.1, 0.15) is 24.0 Å². The van der Waals surface area contributed by atoms with Gasteiger partial charge in [0.25, 0.3) is 0 Å². The number of halogens is 2. The third-order valence-corrected chi connectivity index (χ3v) is 4.28. The monoisotopic (exact) mass is 403 g/mol. The summed E-state index contributed by atoms with van der Waals surface area (Å²) < 4.78 is 0. The molecule has 1 aliphatic heterocycles. The maximum absolute atomic E-state index is 11.6. The molecule has 0 bridgehead atoms. The van der Waals surface area contributed by atoms with E-state index in [9.17, 15) is 4.79 Å². The third-order valence-electron chi connectivity index (χ3n) is 4.28. The van der Waals surface area contributed by atoms with Crippen molar-refractivity contribution in [1.29, 1.82) is 0 Å². The summed E-state index contributed by atoms with van der Waals surface area (Å²) in [4.78, 5) is 13.7. The van der Waals surface area contributed by atoms with Gasteiger partial charge in [-0.25, -0.2) is 0 Å². The molecule has 3 N–H and O–H groups in total. The Morgan fingerprint density at radius 2 is 1.81 bits per heavy atom. The van der Waals surface area contributed by atoms with Crippen LogP contribution in [0.4, 0.5) is 11.4 Å². The quantitative estimate of drug-likeness (QED) is 0.605. The van der Waals surface area contributed by atoms with E-state index in [1.54, 1.807) is 6.92 Å². The number of hydrogen-bond donors (Lipinski definition) is 2. The van der Waals surface area contributed by atoms with Crippen LogP contribution >= 0.6 is 0 Å². The topological polar surface area (TPSA) is 58.4 Å². The van der Waals surface area contributed by atoms with Gasteiger partial charge in [-0.2, -0.15) is 0 Å². The summed E-state index contributed by atoms with van der Waals surface area (Å²) in [6, 6.07) is 15.7. The van der Waals surface area contributed by atoms with Crippen LogP contribution in [0.25, 0.3) is 6.08 Å². The maximum Gasteiger partial charge on any atom is 0.240 e. The van der Waals surface area contributed by atoms with E-state index >= 15 is 0 Å². The minimum atomic E-state index is -0.518. The molecule has 2 atom stereocenters. The molecule has 1 amide bonds. The highest BCUT2D eigenvalue weighted by Crippen LogP contribution is 2.33. The summed E-state index contributed by atoms with van der Waals surface area (Å²) in [5.74, 6) is 0.0706. The fourth-order valence-electron chi connectivity index (χ4n) is 2.81. The number of carbonyl (C=O) groups is 1. The zero-order chi connectivity index (χ0) is 17.8. The number of nitrogens with one attached hydrogen (secondary N) is 1. The predicted octanol–water partition coefficient (Wildman–Crippen LogP) is -2.26. The average Bonchev–Trinajstić information content (AvgIpc) is 2.62. The molecule has 144 valence electrons. The van der Waals surface area contributed by atoms with E-state index in [-0.39, 0.29) is 36.6 Å². The lowest BCUT2D eigenvalue weighted by atomic mass is 9.93. The van der Waals surface area contributed by atoms with Crippen molar-refractivity contribution >= 4 is 23.4 Å². The Bertz CT molecular complexity index is 816. The minimum Gasteiger partial charge on any atom is -1.00 e.